The Morgan fingerprint density at radius 1 is 1.16 bits per heavy atom. The first-order valence-electron chi connectivity index (χ1n) is 6.24. The number of hydrogen-bond acceptors (Lipinski definition) is 2. The summed E-state index contributed by atoms with van der Waals surface area (Å²) in [5, 5.41) is 9.59. The molecule has 0 fully saturated rings. The maximum Gasteiger partial charge on any atom is 0.303 e. The van der Waals surface area contributed by atoms with Gasteiger partial charge >= 0.3 is 5.97 Å². The van der Waals surface area contributed by atoms with E-state index in [0.717, 1.165) is 27.7 Å². The lowest BCUT2D eigenvalue weighted by atomic mass is 9.99. The number of carboxylic acid groups (broad SMARTS) is 1. The van der Waals surface area contributed by atoms with Crippen LogP contribution in [0.15, 0.2) is 12.1 Å². The molecule has 1 aromatic carbocycles. The standard InChI is InChI=1S/C15H17NO3/c1-8-6-9(2)14-11(7-8)16-10(3)15(14)12(17)4-5-13(18)19/h6-7,16H,4-5H2,1-3H3,(H,18,19). The summed E-state index contributed by atoms with van der Waals surface area (Å²) in [5.74, 6) is -1.06. The Bertz CT molecular complexity index is 668. The molecule has 0 aliphatic carbocycles. The Morgan fingerprint density at radius 2 is 1.84 bits per heavy atom. The number of rotatable bonds is 4. The number of fused-ring (bicyclic) bond motifs is 1. The van der Waals surface area contributed by atoms with Crippen molar-refractivity contribution in [3.63, 3.8) is 0 Å². The summed E-state index contributed by atoms with van der Waals surface area (Å²) in [6.45, 7) is 5.83. The van der Waals surface area contributed by atoms with E-state index < -0.39 is 5.97 Å². The zero-order chi connectivity index (χ0) is 14.2. The van der Waals surface area contributed by atoms with E-state index in [2.05, 4.69) is 4.98 Å². The first kappa shape index (κ1) is 13.3. The van der Waals surface area contributed by atoms with Crippen molar-refractivity contribution in [1.82, 2.24) is 4.98 Å². The van der Waals surface area contributed by atoms with Gasteiger partial charge in [-0.3, -0.25) is 9.59 Å². The van der Waals surface area contributed by atoms with Crippen LogP contribution in [-0.2, 0) is 4.79 Å². The van der Waals surface area contributed by atoms with Gasteiger partial charge in [0.25, 0.3) is 0 Å². The van der Waals surface area contributed by atoms with Crippen molar-refractivity contribution in [3.05, 3.63) is 34.5 Å². The molecular weight excluding hydrogens is 242 g/mol. The summed E-state index contributed by atoms with van der Waals surface area (Å²) in [5.41, 5.74) is 4.55. The van der Waals surface area contributed by atoms with Crippen molar-refractivity contribution in [2.24, 2.45) is 0 Å². The Balaban J connectivity index is 2.51. The lowest BCUT2D eigenvalue weighted by Gasteiger charge is -2.03. The molecule has 1 aromatic heterocycles. The van der Waals surface area contributed by atoms with Gasteiger partial charge in [0.2, 0.25) is 0 Å². The molecule has 4 nitrogen and oxygen atoms in total. The molecule has 0 atom stereocenters. The van der Waals surface area contributed by atoms with Crippen LogP contribution >= 0.6 is 0 Å². The van der Waals surface area contributed by atoms with Crippen LogP contribution in [-0.4, -0.2) is 21.8 Å². The third-order valence-electron chi connectivity index (χ3n) is 3.27. The molecule has 0 aliphatic rings. The van der Waals surface area contributed by atoms with Crippen molar-refractivity contribution in [2.75, 3.05) is 0 Å². The monoisotopic (exact) mass is 259 g/mol. The highest BCUT2D eigenvalue weighted by Gasteiger charge is 2.18. The van der Waals surface area contributed by atoms with Crippen LogP contribution in [0.3, 0.4) is 0 Å². The van der Waals surface area contributed by atoms with E-state index in [9.17, 15) is 9.59 Å². The third kappa shape index (κ3) is 2.52. The van der Waals surface area contributed by atoms with Crippen LogP contribution in [0, 0.1) is 20.8 Å². The number of aryl methyl sites for hydroxylation is 3. The fourth-order valence-corrected chi connectivity index (χ4v) is 2.54. The molecule has 0 radical (unpaired) electrons. The number of H-pyrrole nitrogens is 1. The van der Waals surface area contributed by atoms with E-state index in [0.29, 0.717) is 5.56 Å². The second-order valence-corrected chi connectivity index (χ2v) is 4.95. The molecule has 0 bridgehead atoms. The molecule has 4 heteroatoms. The molecule has 1 heterocycles. The number of nitrogens with one attached hydrogen (secondary N) is 1. The Labute approximate surface area is 111 Å². The smallest absolute Gasteiger partial charge is 0.303 e. The Kier molecular flexibility index (Phi) is 3.42. The number of benzene rings is 1. The van der Waals surface area contributed by atoms with E-state index in [4.69, 9.17) is 5.11 Å². The maximum absolute atomic E-state index is 12.2. The SMILES string of the molecule is Cc1cc(C)c2c(C(=O)CCC(=O)O)c(C)[nH]c2c1. The second-order valence-electron chi connectivity index (χ2n) is 4.95. The van der Waals surface area contributed by atoms with Crippen LogP contribution < -0.4 is 0 Å². The van der Waals surface area contributed by atoms with Gasteiger partial charge in [0, 0.05) is 28.6 Å². The minimum atomic E-state index is -0.946. The molecule has 2 aromatic rings. The van der Waals surface area contributed by atoms with Gasteiger partial charge in [-0.2, -0.15) is 0 Å². The fourth-order valence-electron chi connectivity index (χ4n) is 2.54. The van der Waals surface area contributed by atoms with E-state index in [1.54, 1.807) is 0 Å². The average Bonchev–Trinajstić information content (AvgIpc) is 2.62. The van der Waals surface area contributed by atoms with Crippen LogP contribution in [0.2, 0.25) is 0 Å². The van der Waals surface area contributed by atoms with Gasteiger partial charge in [0.1, 0.15) is 0 Å². The molecular formula is C15H17NO3. The van der Waals surface area contributed by atoms with Gasteiger partial charge in [-0.05, 0) is 38.0 Å². The third-order valence-corrected chi connectivity index (χ3v) is 3.27. The van der Waals surface area contributed by atoms with Crippen LogP contribution in [0.5, 0.6) is 0 Å². The van der Waals surface area contributed by atoms with E-state index in [-0.39, 0.29) is 18.6 Å². The molecule has 2 rings (SSSR count). The highest BCUT2D eigenvalue weighted by molar-refractivity contribution is 6.10. The van der Waals surface area contributed by atoms with Crippen LogP contribution in [0.1, 0.15) is 40.0 Å². The number of carbonyl (C=O) groups is 2. The highest BCUT2D eigenvalue weighted by Crippen LogP contribution is 2.28. The zero-order valence-electron chi connectivity index (χ0n) is 11.3. The minimum absolute atomic E-state index is 0.0381. The number of aromatic amines is 1. The number of hydrogen-bond donors (Lipinski definition) is 2. The average molecular weight is 259 g/mol. The van der Waals surface area contributed by atoms with E-state index in [1.165, 1.54) is 0 Å². The summed E-state index contributed by atoms with van der Waals surface area (Å²) in [6.07, 6.45) is -0.0910. The van der Waals surface area contributed by atoms with Gasteiger partial charge in [0.05, 0.1) is 6.42 Å². The molecule has 0 aliphatic heterocycles. The van der Waals surface area contributed by atoms with Crippen LogP contribution in [0.4, 0.5) is 0 Å². The van der Waals surface area contributed by atoms with Crippen molar-refractivity contribution in [1.29, 1.82) is 0 Å². The van der Waals surface area contributed by atoms with Gasteiger partial charge in [-0.1, -0.05) is 6.07 Å². The summed E-state index contributed by atoms with van der Waals surface area (Å²) in [6, 6.07) is 4.03. The largest absolute Gasteiger partial charge is 0.481 e. The number of aromatic nitrogens is 1. The first-order valence-corrected chi connectivity index (χ1v) is 6.24. The topological polar surface area (TPSA) is 70.2 Å². The van der Waals surface area contributed by atoms with Gasteiger partial charge < -0.3 is 10.1 Å². The number of aliphatic carboxylic acids is 1. The molecule has 0 unspecified atom stereocenters. The second kappa shape index (κ2) is 4.88. The molecule has 0 amide bonds. The summed E-state index contributed by atoms with van der Waals surface area (Å²) < 4.78 is 0. The highest BCUT2D eigenvalue weighted by atomic mass is 16.4. The summed E-state index contributed by atoms with van der Waals surface area (Å²) in [7, 11) is 0. The van der Waals surface area contributed by atoms with E-state index >= 15 is 0 Å². The quantitative estimate of drug-likeness (QED) is 0.829. The van der Waals surface area contributed by atoms with Crippen molar-refractivity contribution >= 4 is 22.7 Å². The van der Waals surface area contributed by atoms with Crippen LogP contribution in [0.25, 0.3) is 10.9 Å². The first-order chi connectivity index (χ1) is 8.90. The number of carboxylic acids is 1. The van der Waals surface area contributed by atoms with Gasteiger partial charge in [0.15, 0.2) is 5.78 Å². The zero-order valence-corrected chi connectivity index (χ0v) is 11.3. The molecule has 100 valence electrons. The molecule has 0 saturated carbocycles. The summed E-state index contributed by atoms with van der Waals surface area (Å²) in [4.78, 5) is 26.0. The van der Waals surface area contributed by atoms with Gasteiger partial charge in [-0.25, -0.2) is 0 Å². The lowest BCUT2D eigenvalue weighted by Crippen LogP contribution is -2.05. The maximum atomic E-state index is 12.2. The molecule has 0 spiro atoms. The van der Waals surface area contributed by atoms with Crippen molar-refractivity contribution in [2.45, 2.75) is 33.6 Å². The Morgan fingerprint density at radius 3 is 2.47 bits per heavy atom. The molecule has 19 heavy (non-hydrogen) atoms. The number of Topliss-reactive ketones (excluding diaryl/α,β-unsaturated/α-hetero) is 1. The van der Waals surface area contributed by atoms with E-state index in [1.807, 2.05) is 32.9 Å². The Hall–Kier alpha value is -2.10. The lowest BCUT2D eigenvalue weighted by molar-refractivity contribution is -0.136. The van der Waals surface area contributed by atoms with Gasteiger partial charge in [-0.15, -0.1) is 0 Å². The predicted octanol–water partition coefficient (Wildman–Crippen LogP) is 3.14. The summed E-state index contributed by atoms with van der Waals surface area (Å²) >= 11 is 0. The number of carbonyl (C=O) groups excluding carboxylic acids is 1. The minimum Gasteiger partial charge on any atom is -0.481 e. The molecule has 2 N–H and O–H groups in total. The normalized spacial score (nSPS) is 10.9. The van der Waals surface area contributed by atoms with Crippen molar-refractivity contribution < 1.29 is 14.7 Å². The molecule has 0 saturated heterocycles. The fraction of sp³-hybridized carbons (Fsp3) is 0.333. The number of ketones is 1. The predicted molar refractivity (Wildman–Crippen MR) is 73.7 cm³/mol. The van der Waals surface area contributed by atoms with Crippen molar-refractivity contribution in [3.8, 4) is 0 Å².